The molecule has 1 aromatic heterocycles. The number of carbonyl (C=O) groups is 2. The standard InChI is InChI=1S/C32H38N4O4/c1-34(2)29(38)27-21-36(28(37)19-26(27)25-13-7-4-8-14-25)23-32(40)17-18-35(22-31(32)15-9-10-16-31)30(39)33-20-24-11-5-3-6-12-24/h3-8,11-14,19,21,40H,9-10,15-18,20,22-23H2,1-2H3,(H,33,39). The average Bonchev–Trinajstić information content (AvgIpc) is 3.45. The van der Waals surface area contributed by atoms with Gasteiger partial charge in [0, 0.05) is 57.0 Å². The number of piperidine rings is 1. The molecule has 210 valence electrons. The molecule has 0 bridgehead atoms. The van der Waals surface area contributed by atoms with Gasteiger partial charge in [0.05, 0.1) is 17.7 Å². The second kappa shape index (κ2) is 11.3. The van der Waals surface area contributed by atoms with Crippen LogP contribution in [0, 0.1) is 5.41 Å². The van der Waals surface area contributed by atoms with E-state index < -0.39 is 11.0 Å². The van der Waals surface area contributed by atoms with Gasteiger partial charge in [-0.15, -0.1) is 0 Å². The summed E-state index contributed by atoms with van der Waals surface area (Å²) in [6.07, 6.45) is 5.46. The van der Waals surface area contributed by atoms with Gasteiger partial charge in [0.1, 0.15) is 0 Å². The molecular weight excluding hydrogens is 504 g/mol. The van der Waals surface area contributed by atoms with Gasteiger partial charge in [-0.05, 0) is 30.4 Å². The highest BCUT2D eigenvalue weighted by atomic mass is 16.3. The van der Waals surface area contributed by atoms with Crippen molar-refractivity contribution in [2.24, 2.45) is 5.41 Å². The van der Waals surface area contributed by atoms with Crippen molar-refractivity contribution < 1.29 is 14.7 Å². The summed E-state index contributed by atoms with van der Waals surface area (Å²) < 4.78 is 1.49. The fourth-order valence-corrected chi connectivity index (χ4v) is 6.40. The van der Waals surface area contributed by atoms with Gasteiger partial charge in [-0.25, -0.2) is 4.79 Å². The summed E-state index contributed by atoms with van der Waals surface area (Å²) in [6.45, 7) is 1.34. The van der Waals surface area contributed by atoms with Crippen LogP contribution in [0.15, 0.2) is 77.7 Å². The highest BCUT2D eigenvalue weighted by molar-refractivity contribution is 6.00. The lowest BCUT2D eigenvalue weighted by Crippen LogP contribution is -2.63. The third kappa shape index (κ3) is 5.41. The highest BCUT2D eigenvalue weighted by Crippen LogP contribution is 2.51. The molecule has 2 heterocycles. The maximum Gasteiger partial charge on any atom is 0.317 e. The van der Waals surface area contributed by atoms with Crippen molar-refractivity contribution in [3.05, 3.63) is 94.4 Å². The lowest BCUT2D eigenvalue weighted by atomic mass is 9.66. The first-order valence-corrected chi connectivity index (χ1v) is 14.0. The van der Waals surface area contributed by atoms with Gasteiger partial charge in [-0.2, -0.15) is 0 Å². The summed E-state index contributed by atoms with van der Waals surface area (Å²) in [7, 11) is 3.37. The molecule has 3 aromatic rings. The first kappa shape index (κ1) is 27.6. The molecule has 1 saturated heterocycles. The van der Waals surface area contributed by atoms with Crippen molar-refractivity contribution in [1.29, 1.82) is 0 Å². The number of pyridine rings is 1. The zero-order valence-electron chi connectivity index (χ0n) is 23.3. The van der Waals surface area contributed by atoms with E-state index in [9.17, 15) is 19.5 Å². The van der Waals surface area contributed by atoms with Crippen molar-refractivity contribution in [3.8, 4) is 11.1 Å². The summed E-state index contributed by atoms with van der Waals surface area (Å²) in [4.78, 5) is 43.1. The third-order valence-corrected chi connectivity index (χ3v) is 8.69. The van der Waals surface area contributed by atoms with Crippen LogP contribution in [0.4, 0.5) is 4.79 Å². The second-order valence-electron chi connectivity index (χ2n) is 11.5. The number of amides is 3. The number of urea groups is 1. The zero-order chi connectivity index (χ0) is 28.3. The van der Waals surface area contributed by atoms with Gasteiger partial charge in [0.15, 0.2) is 0 Å². The minimum atomic E-state index is -1.18. The van der Waals surface area contributed by atoms with Gasteiger partial charge < -0.3 is 24.8 Å². The Morgan fingerprint density at radius 1 is 0.975 bits per heavy atom. The molecule has 8 heteroatoms. The minimum absolute atomic E-state index is 0.0775. The van der Waals surface area contributed by atoms with E-state index in [1.165, 1.54) is 15.5 Å². The van der Waals surface area contributed by atoms with Crippen molar-refractivity contribution in [1.82, 2.24) is 19.7 Å². The normalized spacial score (nSPS) is 19.9. The lowest BCUT2D eigenvalue weighted by Gasteiger charge is -2.52. The summed E-state index contributed by atoms with van der Waals surface area (Å²) in [5.41, 5.74) is 0.845. The number of nitrogens with zero attached hydrogens (tertiary/aromatic N) is 3. The van der Waals surface area contributed by atoms with Crippen LogP contribution in [0.3, 0.4) is 0 Å². The molecular formula is C32H38N4O4. The quantitative estimate of drug-likeness (QED) is 0.490. The number of rotatable bonds is 6. The van der Waals surface area contributed by atoms with Gasteiger partial charge in [0.2, 0.25) is 0 Å². The second-order valence-corrected chi connectivity index (χ2v) is 11.5. The Labute approximate surface area is 235 Å². The molecule has 1 aliphatic carbocycles. The lowest BCUT2D eigenvalue weighted by molar-refractivity contribution is -0.135. The summed E-state index contributed by atoms with van der Waals surface area (Å²) in [5.74, 6) is -0.208. The molecule has 2 aliphatic rings. The molecule has 1 spiro atoms. The predicted molar refractivity (Wildman–Crippen MR) is 155 cm³/mol. The van der Waals surface area contributed by atoms with Crippen LogP contribution in [0.25, 0.3) is 11.1 Å². The Kier molecular flexibility index (Phi) is 7.81. The zero-order valence-corrected chi connectivity index (χ0v) is 23.3. The van der Waals surface area contributed by atoms with E-state index in [4.69, 9.17) is 0 Å². The number of carbonyl (C=O) groups excluding carboxylic acids is 2. The van der Waals surface area contributed by atoms with Crippen molar-refractivity contribution >= 4 is 11.9 Å². The van der Waals surface area contributed by atoms with Crippen molar-refractivity contribution in [2.45, 2.75) is 50.8 Å². The Hall–Kier alpha value is -3.91. The fraction of sp³-hybridized carbons (Fsp3) is 0.406. The molecule has 3 amide bonds. The van der Waals surface area contributed by atoms with Crippen LogP contribution in [0.1, 0.15) is 48.0 Å². The van der Waals surface area contributed by atoms with E-state index in [1.54, 1.807) is 20.3 Å². The fourth-order valence-electron chi connectivity index (χ4n) is 6.40. The summed E-state index contributed by atoms with van der Waals surface area (Å²) in [6, 6.07) is 20.6. The Morgan fingerprint density at radius 2 is 1.62 bits per heavy atom. The molecule has 1 saturated carbocycles. The summed E-state index contributed by atoms with van der Waals surface area (Å²) in [5, 5.41) is 15.2. The van der Waals surface area contributed by atoms with E-state index >= 15 is 0 Å². The number of aliphatic hydroxyl groups is 1. The van der Waals surface area contributed by atoms with Crippen molar-refractivity contribution in [3.63, 3.8) is 0 Å². The molecule has 5 rings (SSSR count). The molecule has 1 aliphatic heterocycles. The van der Waals surface area contributed by atoms with E-state index in [-0.39, 0.29) is 24.0 Å². The monoisotopic (exact) mass is 542 g/mol. The third-order valence-electron chi connectivity index (χ3n) is 8.69. The maximum atomic E-state index is 13.4. The van der Waals surface area contributed by atoms with Gasteiger partial charge in [0.25, 0.3) is 11.5 Å². The summed E-state index contributed by atoms with van der Waals surface area (Å²) >= 11 is 0. The van der Waals surface area contributed by atoms with E-state index in [1.807, 2.05) is 65.6 Å². The number of aromatic nitrogens is 1. The smallest absolute Gasteiger partial charge is 0.317 e. The molecule has 0 radical (unpaired) electrons. The molecule has 8 nitrogen and oxygen atoms in total. The SMILES string of the molecule is CN(C)C(=O)c1cn(CC2(O)CCN(C(=O)NCc3ccccc3)CC23CCCC3)c(=O)cc1-c1ccccc1. The van der Waals surface area contributed by atoms with Crippen LogP contribution in [0.5, 0.6) is 0 Å². The molecule has 1 unspecified atom stereocenters. The maximum absolute atomic E-state index is 13.4. The minimum Gasteiger partial charge on any atom is -0.387 e. The topological polar surface area (TPSA) is 94.9 Å². The van der Waals surface area contributed by atoms with Crippen LogP contribution in [-0.4, -0.2) is 64.2 Å². The van der Waals surface area contributed by atoms with E-state index in [2.05, 4.69) is 5.32 Å². The van der Waals surface area contributed by atoms with Crippen molar-refractivity contribution in [2.75, 3.05) is 27.2 Å². The Morgan fingerprint density at radius 3 is 2.27 bits per heavy atom. The number of nitrogens with one attached hydrogen (secondary N) is 1. The van der Waals surface area contributed by atoms with Crippen LogP contribution >= 0.6 is 0 Å². The van der Waals surface area contributed by atoms with Crippen LogP contribution < -0.4 is 10.9 Å². The van der Waals surface area contributed by atoms with Crippen LogP contribution in [-0.2, 0) is 13.1 Å². The Balaban J connectivity index is 1.41. The molecule has 2 aromatic carbocycles. The number of benzene rings is 2. The first-order valence-electron chi connectivity index (χ1n) is 14.0. The Bertz CT molecular complexity index is 1410. The van der Waals surface area contributed by atoms with Gasteiger partial charge >= 0.3 is 6.03 Å². The highest BCUT2D eigenvalue weighted by Gasteiger charge is 2.55. The van der Waals surface area contributed by atoms with Crippen LogP contribution in [0.2, 0.25) is 0 Å². The number of likely N-dealkylation sites (tertiary alicyclic amines) is 1. The van der Waals surface area contributed by atoms with Gasteiger partial charge in [-0.3, -0.25) is 9.59 Å². The predicted octanol–water partition coefficient (Wildman–Crippen LogP) is 4.12. The molecule has 2 fully saturated rings. The number of hydrogen-bond donors (Lipinski definition) is 2. The largest absolute Gasteiger partial charge is 0.387 e. The molecule has 40 heavy (non-hydrogen) atoms. The van der Waals surface area contributed by atoms with Gasteiger partial charge in [-0.1, -0.05) is 73.5 Å². The first-order chi connectivity index (χ1) is 19.2. The molecule has 1 atom stereocenters. The van der Waals surface area contributed by atoms with E-state index in [0.29, 0.717) is 37.2 Å². The average molecular weight is 543 g/mol. The number of hydrogen-bond acceptors (Lipinski definition) is 4. The van der Waals surface area contributed by atoms with E-state index in [0.717, 1.165) is 36.8 Å². The molecule has 2 N–H and O–H groups in total.